The lowest BCUT2D eigenvalue weighted by Crippen LogP contribution is -2.58. The zero-order chi connectivity index (χ0) is 22.1. The first-order valence-corrected chi connectivity index (χ1v) is 10.5. The van der Waals surface area contributed by atoms with Gasteiger partial charge in [-0.25, -0.2) is 0 Å². The molecule has 31 heavy (non-hydrogen) atoms. The number of nitrogens with one attached hydrogen (secondary N) is 1. The Morgan fingerprint density at radius 2 is 1.84 bits per heavy atom. The number of anilines is 2. The molecule has 3 atom stereocenters. The highest BCUT2D eigenvalue weighted by atomic mass is 16.2. The quantitative estimate of drug-likeness (QED) is 0.761. The van der Waals surface area contributed by atoms with Gasteiger partial charge in [-0.1, -0.05) is 50.3 Å². The summed E-state index contributed by atoms with van der Waals surface area (Å²) in [5, 5.41) is 2.94. The summed E-state index contributed by atoms with van der Waals surface area (Å²) in [5.74, 6) is -0.636. The highest BCUT2D eigenvalue weighted by Crippen LogP contribution is 2.62. The van der Waals surface area contributed by atoms with Crippen LogP contribution < -0.4 is 10.2 Å². The van der Waals surface area contributed by atoms with E-state index >= 15 is 0 Å². The van der Waals surface area contributed by atoms with Crippen LogP contribution in [-0.4, -0.2) is 34.8 Å². The zero-order valence-corrected chi connectivity index (χ0v) is 17.9. The van der Waals surface area contributed by atoms with Gasteiger partial charge in [-0.3, -0.25) is 19.3 Å². The molecule has 2 aromatic carbocycles. The number of carbonyl (C=O) groups is 3. The molecule has 1 saturated heterocycles. The first-order chi connectivity index (χ1) is 14.7. The van der Waals surface area contributed by atoms with Gasteiger partial charge in [0.05, 0.1) is 11.3 Å². The van der Waals surface area contributed by atoms with Crippen LogP contribution in [0.4, 0.5) is 11.4 Å². The lowest BCUT2D eigenvalue weighted by Gasteiger charge is -2.45. The van der Waals surface area contributed by atoms with Crippen LogP contribution in [0.5, 0.6) is 0 Å². The summed E-state index contributed by atoms with van der Waals surface area (Å²) in [6.07, 6.45) is 1.66. The monoisotopic (exact) mass is 415 g/mol. The Bertz CT molecular complexity index is 1150. The van der Waals surface area contributed by atoms with E-state index in [-0.39, 0.29) is 17.7 Å². The van der Waals surface area contributed by atoms with Gasteiger partial charge in [0.1, 0.15) is 12.2 Å². The van der Waals surface area contributed by atoms with Crippen LogP contribution in [-0.2, 0) is 15.0 Å². The molecule has 3 aliphatic heterocycles. The van der Waals surface area contributed by atoms with E-state index in [2.05, 4.69) is 25.7 Å². The van der Waals surface area contributed by atoms with E-state index in [1.165, 1.54) is 6.92 Å². The number of hydrogen-bond acceptors (Lipinski definition) is 3. The molecule has 6 nitrogen and oxygen atoms in total. The third-order valence-electron chi connectivity index (χ3n) is 7.40. The van der Waals surface area contributed by atoms with Crippen molar-refractivity contribution in [1.82, 2.24) is 4.90 Å². The number of para-hydroxylation sites is 2. The predicted octanol–water partition coefficient (Wildman–Crippen LogP) is 3.70. The van der Waals surface area contributed by atoms with Gasteiger partial charge in [0, 0.05) is 18.0 Å². The summed E-state index contributed by atoms with van der Waals surface area (Å²) in [6.45, 7) is 9.72. The average molecular weight is 415 g/mol. The lowest BCUT2D eigenvalue weighted by molar-refractivity contribution is -0.121. The van der Waals surface area contributed by atoms with E-state index in [0.717, 1.165) is 11.3 Å². The second kappa shape index (κ2) is 6.30. The molecule has 1 unspecified atom stereocenters. The van der Waals surface area contributed by atoms with E-state index < -0.39 is 23.0 Å². The number of fused-ring (bicyclic) bond motifs is 6. The summed E-state index contributed by atoms with van der Waals surface area (Å²) < 4.78 is 0. The Balaban J connectivity index is 1.82. The molecule has 3 heterocycles. The molecule has 0 aromatic heterocycles. The summed E-state index contributed by atoms with van der Waals surface area (Å²) in [4.78, 5) is 43.5. The normalized spacial score (nSPS) is 26.4. The molecule has 0 bridgehead atoms. The lowest BCUT2D eigenvalue weighted by atomic mass is 9.60. The maximum atomic E-state index is 13.9. The molecule has 0 aliphatic carbocycles. The van der Waals surface area contributed by atoms with Crippen LogP contribution in [0.3, 0.4) is 0 Å². The average Bonchev–Trinajstić information content (AvgIpc) is 3.22. The minimum absolute atomic E-state index is 0.162. The van der Waals surface area contributed by atoms with Crippen molar-refractivity contribution in [1.29, 1.82) is 0 Å². The number of carbonyl (C=O) groups excluding carboxylic acids is 3. The zero-order valence-electron chi connectivity index (χ0n) is 17.9. The third kappa shape index (κ3) is 2.30. The Hall–Kier alpha value is -3.41. The van der Waals surface area contributed by atoms with Gasteiger partial charge >= 0.3 is 0 Å². The second-order valence-corrected chi connectivity index (χ2v) is 9.14. The summed E-state index contributed by atoms with van der Waals surface area (Å²) in [6, 6.07) is 14.1. The van der Waals surface area contributed by atoms with Crippen LogP contribution in [0, 0.1) is 5.41 Å². The Morgan fingerprint density at radius 3 is 2.55 bits per heavy atom. The van der Waals surface area contributed by atoms with Gasteiger partial charge in [-0.2, -0.15) is 0 Å². The summed E-state index contributed by atoms with van der Waals surface area (Å²) in [5.41, 5.74) is 1.54. The molecule has 3 aliphatic rings. The Kier molecular flexibility index (Phi) is 3.97. The Labute approximate surface area is 181 Å². The third-order valence-corrected chi connectivity index (χ3v) is 7.40. The number of hydrogen-bond donors (Lipinski definition) is 1. The highest BCUT2D eigenvalue weighted by molar-refractivity contribution is 6.11. The molecule has 0 saturated carbocycles. The standard InChI is InChI=1S/C25H25N3O3/c1-5-24(3,4)25-14-20-21(30)26-18-12-8-6-10-16(18)22(31)28(20)23(25)27(15(2)29)19-13-9-7-11-17(19)25/h5-13,20,23H,1,14H2,2-4H3,(H,26,30)/t20-,23?,25+/m1/s1. The van der Waals surface area contributed by atoms with E-state index in [0.29, 0.717) is 17.7 Å². The Morgan fingerprint density at radius 1 is 1.16 bits per heavy atom. The van der Waals surface area contributed by atoms with Crippen molar-refractivity contribution in [3.05, 3.63) is 72.3 Å². The van der Waals surface area contributed by atoms with Crippen molar-refractivity contribution in [3.63, 3.8) is 0 Å². The molecule has 3 amide bonds. The largest absolute Gasteiger partial charge is 0.324 e. The minimum Gasteiger partial charge on any atom is -0.324 e. The molecule has 0 spiro atoms. The van der Waals surface area contributed by atoms with E-state index in [9.17, 15) is 14.4 Å². The van der Waals surface area contributed by atoms with Gasteiger partial charge in [0.15, 0.2) is 0 Å². The number of allylic oxidation sites excluding steroid dienone is 1. The molecule has 0 radical (unpaired) electrons. The molecular weight excluding hydrogens is 390 g/mol. The van der Waals surface area contributed by atoms with E-state index in [1.54, 1.807) is 34.1 Å². The highest BCUT2D eigenvalue weighted by Gasteiger charge is 2.69. The molecule has 2 aromatic rings. The summed E-state index contributed by atoms with van der Waals surface area (Å²) in [7, 11) is 0. The van der Waals surface area contributed by atoms with E-state index in [1.807, 2.05) is 30.3 Å². The number of amides is 3. The van der Waals surface area contributed by atoms with Crippen molar-refractivity contribution in [2.24, 2.45) is 5.41 Å². The van der Waals surface area contributed by atoms with Crippen LogP contribution in [0.25, 0.3) is 0 Å². The van der Waals surface area contributed by atoms with Crippen LogP contribution in [0.1, 0.15) is 43.1 Å². The van der Waals surface area contributed by atoms with Crippen LogP contribution >= 0.6 is 0 Å². The molecule has 1 fully saturated rings. The van der Waals surface area contributed by atoms with Gasteiger partial charge in [0.25, 0.3) is 5.91 Å². The molecule has 158 valence electrons. The van der Waals surface area contributed by atoms with Crippen molar-refractivity contribution in [3.8, 4) is 0 Å². The van der Waals surface area contributed by atoms with Gasteiger partial charge in [0.2, 0.25) is 11.8 Å². The predicted molar refractivity (Wildman–Crippen MR) is 119 cm³/mol. The van der Waals surface area contributed by atoms with Crippen LogP contribution in [0.2, 0.25) is 0 Å². The fourth-order valence-electron chi connectivity index (χ4n) is 5.78. The molecule has 6 heteroatoms. The van der Waals surface area contributed by atoms with Crippen molar-refractivity contribution in [2.75, 3.05) is 10.2 Å². The molecule has 1 N–H and O–H groups in total. The molecular formula is C25H25N3O3. The number of benzene rings is 2. The van der Waals surface area contributed by atoms with Gasteiger partial charge in [-0.05, 0) is 35.6 Å². The number of nitrogens with zero attached hydrogens (tertiary/aromatic N) is 2. The second-order valence-electron chi connectivity index (χ2n) is 9.14. The number of rotatable bonds is 2. The first kappa shape index (κ1) is 19.5. The van der Waals surface area contributed by atoms with Crippen LogP contribution in [0.15, 0.2) is 61.2 Å². The SMILES string of the molecule is C=CC(C)(C)[C@]12C[C@@H]3C(=O)Nc4ccccc4C(=O)N3C1N(C(C)=O)c1ccccc12. The summed E-state index contributed by atoms with van der Waals surface area (Å²) >= 11 is 0. The van der Waals surface area contributed by atoms with Gasteiger partial charge < -0.3 is 10.2 Å². The van der Waals surface area contributed by atoms with Gasteiger partial charge in [-0.15, -0.1) is 6.58 Å². The fourth-order valence-corrected chi connectivity index (χ4v) is 5.78. The molecule has 5 rings (SSSR count). The minimum atomic E-state index is -0.695. The smallest absolute Gasteiger partial charge is 0.258 e. The topological polar surface area (TPSA) is 69.7 Å². The first-order valence-electron chi connectivity index (χ1n) is 10.5. The van der Waals surface area contributed by atoms with Crippen molar-refractivity contribution >= 4 is 29.1 Å². The fraction of sp³-hybridized carbons (Fsp3) is 0.320. The maximum Gasteiger partial charge on any atom is 0.258 e. The van der Waals surface area contributed by atoms with Crippen molar-refractivity contribution in [2.45, 2.75) is 44.8 Å². The van der Waals surface area contributed by atoms with E-state index in [4.69, 9.17) is 0 Å². The van der Waals surface area contributed by atoms with Crippen molar-refractivity contribution < 1.29 is 14.4 Å². The maximum absolute atomic E-state index is 13.9.